The smallest absolute Gasteiger partial charge is 0.352 e. The molecule has 1 amide bonds. The van der Waals surface area contributed by atoms with Gasteiger partial charge in [0, 0.05) is 6.42 Å². The summed E-state index contributed by atoms with van der Waals surface area (Å²) in [7, 11) is 0. The Morgan fingerprint density at radius 3 is 2.32 bits per heavy atom. The number of aliphatic hydroxyl groups is 1. The average molecular weight is 417 g/mol. The Kier molecular flexibility index (Phi) is 4.63. The van der Waals surface area contributed by atoms with Crippen molar-refractivity contribution in [2.24, 2.45) is 11.0 Å². The molecule has 3 aliphatic heterocycles. The van der Waals surface area contributed by atoms with E-state index >= 15 is 0 Å². The largest absolute Gasteiger partial charge is 0.477 e. The third-order valence-electron chi connectivity index (χ3n) is 6.41. The van der Waals surface area contributed by atoms with E-state index in [0.29, 0.717) is 18.4 Å². The molecular weight excluding hydrogens is 394 g/mol. The van der Waals surface area contributed by atoms with Crippen molar-refractivity contribution in [1.82, 2.24) is 4.90 Å². The first-order valence-electron chi connectivity index (χ1n) is 10.4. The summed E-state index contributed by atoms with van der Waals surface area (Å²) in [5.74, 6) is -2.00. The molecule has 0 spiro atoms. The van der Waals surface area contributed by atoms with Crippen LogP contribution in [0.15, 0.2) is 77.0 Å². The molecule has 2 N–H and O–H groups in total. The first-order valence-corrected chi connectivity index (χ1v) is 10.4. The lowest BCUT2D eigenvalue weighted by atomic mass is 9.82. The van der Waals surface area contributed by atoms with Gasteiger partial charge in [-0.15, -0.1) is 0 Å². The zero-order valence-corrected chi connectivity index (χ0v) is 17.0. The number of carbonyl (C=O) groups is 2. The van der Waals surface area contributed by atoms with Crippen molar-refractivity contribution < 1.29 is 19.8 Å². The fourth-order valence-electron chi connectivity index (χ4n) is 5.01. The van der Waals surface area contributed by atoms with Gasteiger partial charge in [-0.2, -0.15) is 5.10 Å². The molecule has 4 atom stereocenters. The molecule has 3 heterocycles. The van der Waals surface area contributed by atoms with Crippen molar-refractivity contribution in [2.45, 2.75) is 38.0 Å². The summed E-state index contributed by atoms with van der Waals surface area (Å²) >= 11 is 0. The summed E-state index contributed by atoms with van der Waals surface area (Å²) in [5, 5.41) is 26.8. The molecule has 2 aromatic rings. The summed E-state index contributed by atoms with van der Waals surface area (Å²) in [5.41, 5.74) is 3.46. The van der Waals surface area contributed by atoms with Crippen LogP contribution in [-0.2, 0) is 9.59 Å². The number of aliphatic hydroxyl groups excluding tert-OH is 1. The third-order valence-corrected chi connectivity index (χ3v) is 6.41. The van der Waals surface area contributed by atoms with Crippen LogP contribution in [0.1, 0.15) is 25.3 Å². The Morgan fingerprint density at radius 1 is 1.06 bits per heavy atom. The minimum atomic E-state index is -1.11. The second-order valence-corrected chi connectivity index (χ2v) is 8.24. The topological polar surface area (TPSA) is 93.4 Å². The number of hydrogen-bond donors (Lipinski definition) is 2. The van der Waals surface area contributed by atoms with Crippen LogP contribution in [0.4, 0.5) is 5.69 Å². The van der Waals surface area contributed by atoms with Crippen molar-refractivity contribution in [1.29, 1.82) is 0 Å². The van der Waals surface area contributed by atoms with Gasteiger partial charge in [-0.05, 0) is 36.6 Å². The lowest BCUT2D eigenvalue weighted by molar-refractivity contribution is -0.161. The summed E-state index contributed by atoms with van der Waals surface area (Å²) < 4.78 is 0. The molecule has 0 bridgehead atoms. The lowest BCUT2D eigenvalue weighted by Crippen LogP contribution is -2.61. The number of hydrazone groups is 1. The van der Waals surface area contributed by atoms with Gasteiger partial charge in [-0.1, -0.05) is 48.5 Å². The van der Waals surface area contributed by atoms with Crippen molar-refractivity contribution in [2.75, 3.05) is 5.01 Å². The van der Waals surface area contributed by atoms with E-state index in [-0.39, 0.29) is 23.7 Å². The molecule has 0 saturated carbocycles. The summed E-state index contributed by atoms with van der Waals surface area (Å²) in [6, 6.07) is 18.9. The number of anilines is 1. The normalized spacial score (nSPS) is 25.9. The SMILES string of the molecule is C[C@@H](O)[C@H]1C(=O)N2C(C(=O)O)=C([C@H]3CC(c4ccccc4)=NN3c3ccccc3)C[C@H]12. The maximum Gasteiger partial charge on any atom is 0.352 e. The Morgan fingerprint density at radius 2 is 1.71 bits per heavy atom. The molecule has 31 heavy (non-hydrogen) atoms. The highest BCUT2D eigenvalue weighted by Gasteiger charge is 2.58. The van der Waals surface area contributed by atoms with E-state index in [1.165, 1.54) is 4.90 Å². The van der Waals surface area contributed by atoms with Gasteiger partial charge >= 0.3 is 5.97 Å². The van der Waals surface area contributed by atoms with E-state index in [4.69, 9.17) is 5.10 Å². The predicted molar refractivity (Wildman–Crippen MR) is 115 cm³/mol. The number of carboxylic acid groups (broad SMARTS) is 1. The Hall–Kier alpha value is -3.45. The van der Waals surface area contributed by atoms with Gasteiger partial charge < -0.3 is 15.1 Å². The molecule has 1 fully saturated rings. The summed E-state index contributed by atoms with van der Waals surface area (Å²) in [4.78, 5) is 26.2. The van der Waals surface area contributed by atoms with E-state index in [1.54, 1.807) is 6.92 Å². The molecule has 1 saturated heterocycles. The molecule has 7 nitrogen and oxygen atoms in total. The molecule has 0 aromatic heterocycles. The van der Waals surface area contributed by atoms with Gasteiger partial charge in [0.15, 0.2) is 0 Å². The van der Waals surface area contributed by atoms with Crippen LogP contribution in [-0.4, -0.2) is 50.9 Å². The van der Waals surface area contributed by atoms with Gasteiger partial charge in [0.2, 0.25) is 5.91 Å². The number of β-lactam (4-membered cyclic amide) rings is 1. The Bertz CT molecular complexity index is 1090. The maximum atomic E-state index is 12.6. The van der Waals surface area contributed by atoms with Crippen LogP contribution in [0, 0.1) is 5.92 Å². The number of para-hydroxylation sites is 1. The van der Waals surface area contributed by atoms with Gasteiger partial charge in [-0.3, -0.25) is 9.80 Å². The second-order valence-electron chi connectivity index (χ2n) is 8.24. The highest BCUT2D eigenvalue weighted by atomic mass is 16.4. The van der Waals surface area contributed by atoms with Gasteiger partial charge in [0.1, 0.15) is 5.70 Å². The zero-order chi connectivity index (χ0) is 21.7. The molecule has 0 unspecified atom stereocenters. The van der Waals surface area contributed by atoms with Crippen molar-refractivity contribution in [3.8, 4) is 0 Å². The monoisotopic (exact) mass is 417 g/mol. The molecule has 3 aliphatic rings. The first kappa shape index (κ1) is 19.5. The van der Waals surface area contributed by atoms with Crippen LogP contribution >= 0.6 is 0 Å². The van der Waals surface area contributed by atoms with Crippen molar-refractivity contribution in [3.63, 3.8) is 0 Å². The van der Waals surface area contributed by atoms with Crippen LogP contribution in [0.5, 0.6) is 0 Å². The number of rotatable bonds is 5. The van der Waals surface area contributed by atoms with Crippen LogP contribution in [0.25, 0.3) is 0 Å². The number of carboxylic acids is 1. The van der Waals surface area contributed by atoms with E-state index in [1.807, 2.05) is 65.7 Å². The van der Waals surface area contributed by atoms with Crippen molar-refractivity contribution in [3.05, 3.63) is 77.5 Å². The fourth-order valence-corrected chi connectivity index (χ4v) is 5.01. The molecular formula is C24H23N3O4. The quantitative estimate of drug-likeness (QED) is 0.730. The van der Waals surface area contributed by atoms with E-state index < -0.39 is 18.0 Å². The van der Waals surface area contributed by atoms with Gasteiger partial charge in [0.25, 0.3) is 0 Å². The first-order chi connectivity index (χ1) is 15.0. The molecule has 158 valence electrons. The molecule has 0 aliphatic carbocycles. The number of aliphatic carboxylic acids is 1. The van der Waals surface area contributed by atoms with Crippen LogP contribution in [0.2, 0.25) is 0 Å². The standard InChI is InChI=1S/C24H23N3O4/c1-14(28)21-20-12-17(22(24(30)31)26(20)23(21)29)19-13-18(15-8-4-2-5-9-15)25-27(19)16-10-6-3-7-11-16/h2-11,14,19-21,28H,12-13H2,1H3,(H,30,31)/t14-,19-,20-,21-/m1/s1. The number of hydrogen-bond acceptors (Lipinski definition) is 5. The molecule has 7 heteroatoms. The number of carbonyl (C=O) groups excluding carboxylic acids is 1. The number of benzene rings is 2. The highest BCUT2D eigenvalue weighted by Crippen LogP contribution is 2.47. The fraction of sp³-hybridized carbons (Fsp3) is 0.292. The minimum Gasteiger partial charge on any atom is -0.477 e. The Labute approximate surface area is 179 Å². The minimum absolute atomic E-state index is 0.0438. The molecule has 0 radical (unpaired) electrons. The van der Waals surface area contributed by atoms with Crippen molar-refractivity contribution >= 4 is 23.3 Å². The van der Waals surface area contributed by atoms with E-state index in [2.05, 4.69) is 0 Å². The number of fused-ring (bicyclic) bond motifs is 1. The lowest BCUT2D eigenvalue weighted by Gasteiger charge is -2.44. The Balaban J connectivity index is 1.57. The highest BCUT2D eigenvalue weighted by molar-refractivity contribution is 6.05. The number of amides is 1. The van der Waals surface area contributed by atoms with Crippen LogP contribution < -0.4 is 5.01 Å². The summed E-state index contributed by atoms with van der Waals surface area (Å²) in [6.07, 6.45) is 0.154. The predicted octanol–water partition coefficient (Wildman–Crippen LogP) is 2.62. The maximum absolute atomic E-state index is 12.6. The van der Waals surface area contributed by atoms with E-state index in [9.17, 15) is 19.8 Å². The van der Waals surface area contributed by atoms with E-state index in [0.717, 1.165) is 17.0 Å². The summed E-state index contributed by atoms with van der Waals surface area (Å²) in [6.45, 7) is 1.58. The molecule has 5 rings (SSSR count). The second kappa shape index (κ2) is 7.35. The third kappa shape index (κ3) is 3.04. The van der Waals surface area contributed by atoms with Crippen LogP contribution in [0.3, 0.4) is 0 Å². The average Bonchev–Trinajstić information content (AvgIpc) is 3.34. The van der Waals surface area contributed by atoms with Gasteiger partial charge in [-0.25, -0.2) is 4.79 Å². The molecule has 2 aromatic carbocycles. The van der Waals surface area contributed by atoms with Gasteiger partial charge in [0.05, 0.1) is 35.5 Å². The number of nitrogens with zero attached hydrogens (tertiary/aromatic N) is 3. The zero-order valence-electron chi connectivity index (χ0n) is 17.0.